The van der Waals surface area contributed by atoms with Crippen molar-refractivity contribution in [3.63, 3.8) is 0 Å². The highest BCUT2D eigenvalue weighted by atomic mass is 19.4. The van der Waals surface area contributed by atoms with Crippen LogP contribution in [-0.2, 0) is 17.9 Å². The summed E-state index contributed by atoms with van der Waals surface area (Å²) in [7, 11) is 0. The van der Waals surface area contributed by atoms with Gasteiger partial charge in [-0.2, -0.15) is 5.26 Å². The molecule has 7 nitrogen and oxygen atoms in total. The van der Waals surface area contributed by atoms with Crippen molar-refractivity contribution in [2.24, 2.45) is 0 Å². The van der Waals surface area contributed by atoms with Crippen molar-refractivity contribution < 1.29 is 27.1 Å². The van der Waals surface area contributed by atoms with Gasteiger partial charge in [-0.3, -0.25) is 9.69 Å². The molecular formula is C23H19F4N5O2. The first-order chi connectivity index (χ1) is 16.2. The van der Waals surface area contributed by atoms with Crippen LogP contribution in [0.4, 0.5) is 23.2 Å². The van der Waals surface area contributed by atoms with Gasteiger partial charge in [-0.1, -0.05) is 12.1 Å². The Morgan fingerprint density at radius 1 is 1.12 bits per heavy atom. The number of amides is 1. The lowest BCUT2D eigenvalue weighted by atomic mass is 10.1. The van der Waals surface area contributed by atoms with Gasteiger partial charge in [-0.15, -0.1) is 13.2 Å². The van der Waals surface area contributed by atoms with Crippen molar-refractivity contribution >= 4 is 11.6 Å². The molecule has 4 rings (SSSR count). The first-order valence-electron chi connectivity index (χ1n) is 10.3. The molecular weight excluding hydrogens is 454 g/mol. The molecule has 11 heteroatoms. The van der Waals surface area contributed by atoms with E-state index < -0.39 is 12.2 Å². The standard InChI is InChI=1S/C23H19F4N5O2/c24-21-5-4-16(8-17(21)10-28)12-31-15-29-11-19(31)13-30-6-7-32(22(33)14-30)18-2-1-3-20(9-18)34-23(25,26)27/h1-5,8-9,11,15H,6-7,12-14H2. The molecule has 3 aromatic rings. The number of ether oxygens (including phenoxy) is 1. The van der Waals surface area contributed by atoms with E-state index in [1.165, 1.54) is 35.2 Å². The third-order valence-corrected chi connectivity index (χ3v) is 5.35. The molecule has 0 radical (unpaired) electrons. The van der Waals surface area contributed by atoms with E-state index in [0.717, 1.165) is 11.3 Å². The van der Waals surface area contributed by atoms with Crippen LogP contribution in [0, 0.1) is 17.1 Å². The Morgan fingerprint density at radius 3 is 2.68 bits per heavy atom. The smallest absolute Gasteiger partial charge is 0.406 e. The van der Waals surface area contributed by atoms with Gasteiger partial charge in [-0.05, 0) is 29.8 Å². The Hall–Kier alpha value is -3.91. The van der Waals surface area contributed by atoms with E-state index in [9.17, 15) is 22.4 Å². The molecule has 1 fully saturated rings. The summed E-state index contributed by atoms with van der Waals surface area (Å²) in [5, 5.41) is 9.02. The maximum Gasteiger partial charge on any atom is 0.573 e. The van der Waals surface area contributed by atoms with Crippen LogP contribution in [0.1, 0.15) is 16.8 Å². The summed E-state index contributed by atoms with van der Waals surface area (Å²) in [6.45, 7) is 1.67. The third kappa shape index (κ3) is 5.52. The summed E-state index contributed by atoms with van der Waals surface area (Å²) in [5.74, 6) is -1.22. The van der Waals surface area contributed by atoms with Crippen molar-refractivity contribution in [2.75, 3.05) is 24.5 Å². The van der Waals surface area contributed by atoms with E-state index in [4.69, 9.17) is 5.26 Å². The molecule has 0 atom stereocenters. The molecule has 0 N–H and O–H groups in total. The predicted octanol–water partition coefficient (Wildman–Crippen LogP) is 3.69. The van der Waals surface area contributed by atoms with Gasteiger partial charge < -0.3 is 14.2 Å². The minimum Gasteiger partial charge on any atom is -0.406 e. The fourth-order valence-corrected chi connectivity index (χ4v) is 3.78. The molecule has 176 valence electrons. The lowest BCUT2D eigenvalue weighted by Gasteiger charge is -2.34. The molecule has 1 aromatic heterocycles. The van der Waals surface area contributed by atoms with Crippen LogP contribution >= 0.6 is 0 Å². The number of hydrogen-bond acceptors (Lipinski definition) is 5. The quantitative estimate of drug-likeness (QED) is 0.511. The first kappa shape index (κ1) is 23.3. The van der Waals surface area contributed by atoms with Gasteiger partial charge in [0.25, 0.3) is 0 Å². The second-order valence-corrected chi connectivity index (χ2v) is 7.74. The normalized spacial score (nSPS) is 14.8. The van der Waals surface area contributed by atoms with E-state index >= 15 is 0 Å². The number of nitrogens with zero attached hydrogens (tertiary/aromatic N) is 5. The van der Waals surface area contributed by atoms with E-state index in [1.807, 2.05) is 15.5 Å². The summed E-state index contributed by atoms with van der Waals surface area (Å²) in [6, 6.07) is 11.5. The van der Waals surface area contributed by atoms with Crippen molar-refractivity contribution in [1.82, 2.24) is 14.5 Å². The van der Waals surface area contributed by atoms with Gasteiger partial charge in [0.05, 0.1) is 24.1 Å². The number of nitriles is 1. The lowest BCUT2D eigenvalue weighted by Crippen LogP contribution is -2.50. The SMILES string of the molecule is N#Cc1cc(Cn2cncc2CN2CCN(c3cccc(OC(F)(F)F)c3)C(=O)C2)ccc1F. The minimum absolute atomic E-state index is 0.0365. The van der Waals surface area contributed by atoms with Crippen molar-refractivity contribution in [3.05, 3.63) is 77.6 Å². The van der Waals surface area contributed by atoms with Gasteiger partial charge in [0.2, 0.25) is 5.91 Å². The fourth-order valence-electron chi connectivity index (χ4n) is 3.78. The van der Waals surface area contributed by atoms with E-state index in [1.54, 1.807) is 24.7 Å². The molecule has 0 unspecified atom stereocenters. The van der Waals surface area contributed by atoms with Crippen molar-refractivity contribution in [3.8, 4) is 11.8 Å². The Labute approximate surface area is 192 Å². The van der Waals surface area contributed by atoms with Crippen molar-refractivity contribution in [2.45, 2.75) is 19.5 Å². The van der Waals surface area contributed by atoms with Crippen LogP contribution in [0.5, 0.6) is 5.75 Å². The van der Waals surface area contributed by atoms with E-state index in [2.05, 4.69) is 9.72 Å². The highest BCUT2D eigenvalue weighted by Crippen LogP contribution is 2.28. The molecule has 0 bridgehead atoms. The topological polar surface area (TPSA) is 74.4 Å². The Bertz CT molecular complexity index is 1230. The molecule has 0 spiro atoms. The molecule has 1 aliphatic rings. The number of hydrogen-bond donors (Lipinski definition) is 0. The Balaban J connectivity index is 1.40. The van der Waals surface area contributed by atoms with Crippen LogP contribution in [0.2, 0.25) is 0 Å². The number of carbonyl (C=O) groups is 1. The molecule has 1 aliphatic heterocycles. The second-order valence-electron chi connectivity index (χ2n) is 7.74. The van der Waals surface area contributed by atoms with Crippen molar-refractivity contribution in [1.29, 1.82) is 5.26 Å². The van der Waals surface area contributed by atoms with Crippen LogP contribution < -0.4 is 9.64 Å². The summed E-state index contributed by atoms with van der Waals surface area (Å²) in [4.78, 5) is 20.2. The molecule has 1 saturated heterocycles. The molecule has 2 aromatic carbocycles. The van der Waals surface area contributed by atoms with Crippen LogP contribution in [0.15, 0.2) is 55.0 Å². The lowest BCUT2D eigenvalue weighted by molar-refractivity contribution is -0.274. The van der Waals surface area contributed by atoms with Gasteiger partial charge in [0.1, 0.15) is 17.6 Å². The molecule has 0 aliphatic carbocycles. The zero-order valence-corrected chi connectivity index (χ0v) is 17.8. The number of anilines is 1. The van der Waals surface area contributed by atoms with Gasteiger partial charge in [-0.25, -0.2) is 9.37 Å². The largest absolute Gasteiger partial charge is 0.573 e. The number of piperazine rings is 1. The van der Waals surface area contributed by atoms with Gasteiger partial charge in [0, 0.05) is 44.1 Å². The second kappa shape index (κ2) is 9.52. The monoisotopic (exact) mass is 473 g/mol. The number of halogens is 4. The molecule has 34 heavy (non-hydrogen) atoms. The zero-order valence-electron chi connectivity index (χ0n) is 17.8. The average Bonchev–Trinajstić information content (AvgIpc) is 3.20. The number of carbonyl (C=O) groups excluding carboxylic acids is 1. The summed E-state index contributed by atoms with van der Waals surface area (Å²) < 4.78 is 56.9. The summed E-state index contributed by atoms with van der Waals surface area (Å²) >= 11 is 0. The number of rotatable bonds is 6. The zero-order chi connectivity index (χ0) is 24.3. The fraction of sp³-hybridized carbons (Fsp3) is 0.261. The number of benzene rings is 2. The highest BCUT2D eigenvalue weighted by Gasteiger charge is 2.32. The van der Waals surface area contributed by atoms with Crippen LogP contribution in [0.25, 0.3) is 0 Å². The maximum absolute atomic E-state index is 13.6. The third-order valence-electron chi connectivity index (χ3n) is 5.35. The maximum atomic E-state index is 13.6. The van der Waals surface area contributed by atoms with E-state index in [-0.39, 0.29) is 23.8 Å². The Kier molecular flexibility index (Phi) is 6.51. The Morgan fingerprint density at radius 2 is 1.94 bits per heavy atom. The van der Waals surface area contributed by atoms with Gasteiger partial charge in [0.15, 0.2) is 0 Å². The van der Waals surface area contributed by atoms with E-state index in [0.29, 0.717) is 31.9 Å². The number of imidazole rings is 1. The van der Waals surface area contributed by atoms with Gasteiger partial charge >= 0.3 is 6.36 Å². The number of alkyl halides is 3. The first-order valence-corrected chi connectivity index (χ1v) is 10.3. The minimum atomic E-state index is -4.81. The summed E-state index contributed by atoms with van der Waals surface area (Å²) in [6.07, 6.45) is -1.52. The van der Waals surface area contributed by atoms with Crippen LogP contribution in [-0.4, -0.2) is 46.4 Å². The average molecular weight is 473 g/mol. The predicted molar refractivity (Wildman–Crippen MR) is 113 cm³/mol. The van der Waals surface area contributed by atoms with Crippen LogP contribution in [0.3, 0.4) is 0 Å². The summed E-state index contributed by atoms with van der Waals surface area (Å²) in [5.41, 5.74) is 1.86. The molecule has 2 heterocycles. The highest BCUT2D eigenvalue weighted by molar-refractivity contribution is 5.95. The number of aromatic nitrogens is 2. The molecule has 0 saturated carbocycles. The molecule has 1 amide bonds.